The lowest BCUT2D eigenvalue weighted by Gasteiger charge is -2.11. The van der Waals surface area contributed by atoms with Crippen molar-refractivity contribution in [1.29, 1.82) is 0 Å². The van der Waals surface area contributed by atoms with Gasteiger partial charge in [-0.05, 0) is 26.7 Å². The summed E-state index contributed by atoms with van der Waals surface area (Å²) in [6.07, 6.45) is 1.53. The molecule has 0 amide bonds. The lowest BCUT2D eigenvalue weighted by Crippen LogP contribution is -2.38. The molecule has 1 atom stereocenters. The van der Waals surface area contributed by atoms with Gasteiger partial charge in [0.1, 0.15) is 0 Å². The summed E-state index contributed by atoms with van der Waals surface area (Å²) in [5.74, 6) is 1.03. The summed E-state index contributed by atoms with van der Waals surface area (Å²) in [6, 6.07) is 0. The number of nitrogens with zero attached hydrogens (tertiary/aromatic N) is 1. The van der Waals surface area contributed by atoms with E-state index in [0.717, 1.165) is 25.9 Å². The second-order valence-electron chi connectivity index (χ2n) is 3.88. The van der Waals surface area contributed by atoms with E-state index in [1.54, 1.807) is 0 Å². The molecule has 0 aromatic rings. The number of aliphatic imine (C=N–C) groups is 1. The molecule has 1 saturated heterocycles. The van der Waals surface area contributed by atoms with Crippen molar-refractivity contribution in [2.75, 3.05) is 25.4 Å². The molecule has 0 aliphatic carbocycles. The Labute approximate surface area is 121 Å². The average Bonchev–Trinajstić information content (AvgIpc) is 2.55. The summed E-state index contributed by atoms with van der Waals surface area (Å²) >= 11 is 0. The van der Waals surface area contributed by atoms with Gasteiger partial charge in [-0.25, -0.2) is 8.42 Å². The fraction of sp³-hybridized carbons (Fsp3) is 0.900. The van der Waals surface area contributed by atoms with Crippen LogP contribution in [0.25, 0.3) is 0 Å². The van der Waals surface area contributed by atoms with E-state index < -0.39 is 9.84 Å². The molecule has 17 heavy (non-hydrogen) atoms. The van der Waals surface area contributed by atoms with Crippen LogP contribution >= 0.6 is 24.0 Å². The lowest BCUT2D eigenvalue weighted by atomic mass is 10.2. The molecule has 0 radical (unpaired) electrons. The monoisotopic (exact) mass is 375 g/mol. The highest BCUT2D eigenvalue weighted by atomic mass is 127. The topological polar surface area (TPSA) is 70.6 Å². The van der Waals surface area contributed by atoms with Crippen molar-refractivity contribution in [2.24, 2.45) is 4.99 Å². The van der Waals surface area contributed by atoms with Gasteiger partial charge in [0.2, 0.25) is 0 Å². The molecule has 1 heterocycles. The Morgan fingerprint density at radius 1 is 1.29 bits per heavy atom. The van der Waals surface area contributed by atoms with E-state index in [1.165, 1.54) is 0 Å². The highest BCUT2D eigenvalue weighted by Gasteiger charge is 2.30. The molecule has 0 bridgehead atoms. The molecule has 0 saturated carbocycles. The summed E-state index contributed by atoms with van der Waals surface area (Å²) in [6.45, 7) is 5.91. The van der Waals surface area contributed by atoms with Crippen molar-refractivity contribution in [2.45, 2.75) is 31.9 Å². The number of guanidine groups is 1. The van der Waals surface area contributed by atoms with Crippen molar-refractivity contribution in [3.05, 3.63) is 0 Å². The largest absolute Gasteiger partial charge is 0.357 e. The Hall–Kier alpha value is -0.0500. The second-order valence-corrected chi connectivity index (χ2v) is 6.28. The molecule has 1 aliphatic heterocycles. The van der Waals surface area contributed by atoms with Gasteiger partial charge in [0, 0.05) is 13.1 Å². The molecule has 1 rings (SSSR count). The summed E-state index contributed by atoms with van der Waals surface area (Å²) in [5.41, 5.74) is 0. The lowest BCUT2D eigenvalue weighted by molar-refractivity contribution is 0.589. The minimum absolute atomic E-state index is 0. The van der Waals surface area contributed by atoms with Crippen LogP contribution in [0.15, 0.2) is 4.99 Å². The zero-order valence-electron chi connectivity index (χ0n) is 10.4. The molecule has 1 fully saturated rings. The molecule has 2 N–H and O–H groups in total. The maximum atomic E-state index is 11.6. The number of hydrogen-bond acceptors (Lipinski definition) is 3. The Morgan fingerprint density at radius 2 is 1.88 bits per heavy atom. The first-order valence-electron chi connectivity index (χ1n) is 5.84. The molecule has 5 nitrogen and oxygen atoms in total. The van der Waals surface area contributed by atoms with E-state index in [1.807, 2.05) is 13.8 Å². The molecular weight excluding hydrogens is 353 g/mol. The Balaban J connectivity index is 0.00000256. The smallest absolute Gasteiger partial charge is 0.191 e. The van der Waals surface area contributed by atoms with E-state index in [9.17, 15) is 8.42 Å². The van der Waals surface area contributed by atoms with Gasteiger partial charge in [0.05, 0.1) is 17.5 Å². The molecule has 1 unspecified atom stereocenters. The van der Waals surface area contributed by atoms with Gasteiger partial charge in [0.15, 0.2) is 15.8 Å². The molecule has 1 aliphatic rings. The average molecular weight is 375 g/mol. The first kappa shape index (κ1) is 16.9. The van der Waals surface area contributed by atoms with Crippen LogP contribution in [0.5, 0.6) is 0 Å². The van der Waals surface area contributed by atoms with Crippen LogP contribution in [-0.2, 0) is 9.84 Å². The van der Waals surface area contributed by atoms with Crippen molar-refractivity contribution in [1.82, 2.24) is 10.6 Å². The summed E-state index contributed by atoms with van der Waals surface area (Å²) in [7, 11) is -2.88. The minimum atomic E-state index is -2.88. The Morgan fingerprint density at radius 3 is 2.29 bits per heavy atom. The standard InChI is InChI=1S/C10H21N3O2S.HI/c1-3-11-10(12-4-2)13-8-9-6-5-7-16(9,14)15;/h9H,3-8H2,1-2H3,(H2,11,12,13);1H. The van der Waals surface area contributed by atoms with Gasteiger partial charge in [-0.3, -0.25) is 4.99 Å². The third-order valence-electron chi connectivity index (χ3n) is 2.60. The van der Waals surface area contributed by atoms with E-state index in [2.05, 4.69) is 15.6 Å². The van der Waals surface area contributed by atoms with Crippen LogP contribution in [0.3, 0.4) is 0 Å². The van der Waals surface area contributed by atoms with Gasteiger partial charge < -0.3 is 10.6 Å². The number of nitrogens with one attached hydrogen (secondary N) is 2. The predicted molar refractivity (Wildman–Crippen MR) is 81.9 cm³/mol. The van der Waals surface area contributed by atoms with Crippen LogP contribution in [0.2, 0.25) is 0 Å². The third kappa shape index (κ3) is 5.41. The fourth-order valence-electron chi connectivity index (χ4n) is 1.77. The SMILES string of the molecule is CCNC(=NCC1CCCS1(=O)=O)NCC.I. The first-order valence-corrected chi connectivity index (χ1v) is 7.55. The zero-order chi connectivity index (χ0) is 12.0. The second kappa shape index (κ2) is 8.12. The van der Waals surface area contributed by atoms with Gasteiger partial charge in [0.25, 0.3) is 0 Å². The van der Waals surface area contributed by atoms with Crippen molar-refractivity contribution < 1.29 is 8.42 Å². The van der Waals surface area contributed by atoms with Crippen molar-refractivity contribution in [3.63, 3.8) is 0 Å². The van der Waals surface area contributed by atoms with Gasteiger partial charge in [-0.15, -0.1) is 24.0 Å². The molecule has 0 spiro atoms. The molecule has 0 aromatic heterocycles. The predicted octanol–water partition coefficient (Wildman–Crippen LogP) is 0.757. The number of sulfone groups is 1. The molecule has 7 heteroatoms. The van der Waals surface area contributed by atoms with Crippen LogP contribution in [0.1, 0.15) is 26.7 Å². The maximum Gasteiger partial charge on any atom is 0.191 e. The third-order valence-corrected chi connectivity index (χ3v) is 4.86. The van der Waals surface area contributed by atoms with Gasteiger partial charge in [-0.2, -0.15) is 0 Å². The first-order chi connectivity index (χ1) is 7.60. The number of rotatable bonds is 4. The van der Waals surface area contributed by atoms with Crippen molar-refractivity contribution in [3.8, 4) is 0 Å². The van der Waals surface area contributed by atoms with Crippen LogP contribution < -0.4 is 10.6 Å². The molecule has 102 valence electrons. The van der Waals surface area contributed by atoms with E-state index in [0.29, 0.717) is 18.3 Å². The summed E-state index contributed by atoms with van der Waals surface area (Å²) in [5, 5.41) is 5.88. The van der Waals surface area contributed by atoms with Crippen molar-refractivity contribution >= 4 is 39.8 Å². The minimum Gasteiger partial charge on any atom is -0.357 e. The number of halogens is 1. The van der Waals surface area contributed by atoms with E-state index in [4.69, 9.17) is 0 Å². The zero-order valence-corrected chi connectivity index (χ0v) is 13.5. The highest BCUT2D eigenvalue weighted by Crippen LogP contribution is 2.19. The van der Waals surface area contributed by atoms with Gasteiger partial charge >= 0.3 is 0 Å². The molecular formula is C10H22IN3O2S. The Bertz CT molecular complexity index is 335. The maximum absolute atomic E-state index is 11.6. The molecule has 0 aromatic carbocycles. The fourth-order valence-corrected chi connectivity index (χ4v) is 3.50. The normalized spacial score (nSPS) is 21.4. The Kier molecular flexibility index (Phi) is 8.10. The van der Waals surface area contributed by atoms with Crippen LogP contribution in [0.4, 0.5) is 0 Å². The number of hydrogen-bond donors (Lipinski definition) is 2. The van der Waals surface area contributed by atoms with E-state index in [-0.39, 0.29) is 29.2 Å². The summed E-state index contributed by atoms with van der Waals surface area (Å²) in [4.78, 5) is 4.30. The quantitative estimate of drug-likeness (QED) is 0.432. The van der Waals surface area contributed by atoms with Crippen LogP contribution in [-0.4, -0.2) is 45.0 Å². The summed E-state index contributed by atoms with van der Waals surface area (Å²) < 4.78 is 23.2. The highest BCUT2D eigenvalue weighted by molar-refractivity contribution is 14.0. The van der Waals surface area contributed by atoms with Crippen LogP contribution in [0, 0.1) is 0 Å². The van der Waals surface area contributed by atoms with E-state index >= 15 is 0 Å². The van der Waals surface area contributed by atoms with Gasteiger partial charge in [-0.1, -0.05) is 0 Å².